The van der Waals surface area contributed by atoms with Gasteiger partial charge in [0.15, 0.2) is 0 Å². The van der Waals surface area contributed by atoms with Crippen molar-refractivity contribution in [2.24, 2.45) is 5.73 Å². The summed E-state index contributed by atoms with van der Waals surface area (Å²) in [7, 11) is 0. The van der Waals surface area contributed by atoms with Gasteiger partial charge in [-0.2, -0.15) is 0 Å². The van der Waals surface area contributed by atoms with E-state index in [0.717, 1.165) is 11.1 Å². The van der Waals surface area contributed by atoms with E-state index in [0.29, 0.717) is 12.4 Å². The molecule has 3 N–H and O–H groups in total. The number of carbonyl (C=O) groups is 1. The molecule has 4 nitrogen and oxygen atoms in total. The Morgan fingerprint density at radius 1 is 1.47 bits per heavy atom. The van der Waals surface area contributed by atoms with Crippen LogP contribution in [0.25, 0.3) is 0 Å². The van der Waals surface area contributed by atoms with Gasteiger partial charge in [0.25, 0.3) is 0 Å². The molecule has 90 valence electrons. The first-order valence-electron chi connectivity index (χ1n) is 5.64. The number of amides is 1. The summed E-state index contributed by atoms with van der Waals surface area (Å²) in [5, 5.41) is 8.16. The molecule has 1 aromatic carbocycles. The predicted octanol–water partition coefficient (Wildman–Crippen LogP) is 1.48. The summed E-state index contributed by atoms with van der Waals surface area (Å²) >= 11 is 0. The van der Waals surface area contributed by atoms with Crippen molar-refractivity contribution >= 4 is 11.7 Å². The Morgan fingerprint density at radius 3 is 2.71 bits per heavy atom. The molecular weight excluding hydrogens is 214 g/mol. The minimum atomic E-state index is -0.415. The molecule has 0 saturated heterocycles. The van der Waals surface area contributed by atoms with Crippen LogP contribution in [0.4, 0.5) is 0 Å². The van der Waals surface area contributed by atoms with Crippen LogP contribution in [0.2, 0.25) is 0 Å². The zero-order valence-electron chi connectivity index (χ0n) is 10.2. The number of nitrogens with two attached hydrogens (primary N) is 1. The van der Waals surface area contributed by atoms with Gasteiger partial charge in [0.2, 0.25) is 5.91 Å². The molecule has 1 amide bonds. The van der Waals surface area contributed by atoms with Crippen LogP contribution in [0.5, 0.6) is 0 Å². The van der Waals surface area contributed by atoms with Gasteiger partial charge in [-0.1, -0.05) is 24.3 Å². The maximum absolute atomic E-state index is 11.1. The summed E-state index contributed by atoms with van der Waals surface area (Å²) in [5.74, 6) is 0.144. The normalized spacial score (nSPS) is 14.9. The lowest BCUT2D eigenvalue weighted by Gasteiger charge is -2.36. The minimum absolute atomic E-state index is 0.253. The number of rotatable bonds is 3. The first-order valence-corrected chi connectivity index (χ1v) is 5.64. The fraction of sp³-hybridized carbons (Fsp3) is 0.385. The highest BCUT2D eigenvalue weighted by Crippen LogP contribution is 2.30. The Labute approximate surface area is 101 Å². The Bertz CT molecular complexity index is 479. The summed E-state index contributed by atoms with van der Waals surface area (Å²) in [6.07, 6.45) is 0.253. The minimum Gasteiger partial charge on any atom is -0.370 e. The van der Waals surface area contributed by atoms with Crippen LogP contribution in [0.15, 0.2) is 24.3 Å². The van der Waals surface area contributed by atoms with Crippen LogP contribution < -0.4 is 5.73 Å². The molecule has 0 unspecified atom stereocenters. The van der Waals surface area contributed by atoms with E-state index in [1.165, 1.54) is 0 Å². The standard InChI is InChI=1S/C13H17N3O/c1-13(2,7-11(14)17)16-8-9-5-3-4-6-10(9)12(16)15/h3-6,15H,7-8H2,1-2H3,(H2,14,17). The van der Waals surface area contributed by atoms with Crippen LogP contribution in [-0.2, 0) is 11.3 Å². The third-order valence-corrected chi connectivity index (χ3v) is 3.21. The molecule has 0 atom stereocenters. The largest absolute Gasteiger partial charge is 0.370 e. The van der Waals surface area contributed by atoms with Gasteiger partial charge in [-0.25, -0.2) is 0 Å². The highest BCUT2D eigenvalue weighted by atomic mass is 16.1. The maximum atomic E-state index is 11.1. The smallest absolute Gasteiger partial charge is 0.219 e. The van der Waals surface area contributed by atoms with E-state index >= 15 is 0 Å². The number of hydrogen-bond donors (Lipinski definition) is 2. The van der Waals surface area contributed by atoms with Crippen LogP contribution in [0.3, 0.4) is 0 Å². The molecule has 0 saturated carbocycles. The third-order valence-electron chi connectivity index (χ3n) is 3.21. The summed E-state index contributed by atoms with van der Waals surface area (Å²) in [4.78, 5) is 13.0. The Morgan fingerprint density at radius 2 is 2.12 bits per heavy atom. The number of nitrogens with one attached hydrogen (secondary N) is 1. The highest BCUT2D eigenvalue weighted by Gasteiger charge is 2.35. The van der Waals surface area contributed by atoms with Crippen molar-refractivity contribution < 1.29 is 4.79 Å². The quantitative estimate of drug-likeness (QED) is 0.827. The second-order valence-electron chi connectivity index (χ2n) is 5.05. The lowest BCUT2D eigenvalue weighted by Crippen LogP contribution is -2.46. The van der Waals surface area contributed by atoms with Gasteiger partial charge in [0, 0.05) is 24.1 Å². The number of amidine groups is 1. The predicted molar refractivity (Wildman–Crippen MR) is 66.7 cm³/mol. The molecule has 0 radical (unpaired) electrons. The van der Waals surface area contributed by atoms with E-state index in [2.05, 4.69) is 0 Å². The van der Waals surface area contributed by atoms with Gasteiger partial charge in [-0.3, -0.25) is 10.2 Å². The first-order chi connectivity index (χ1) is 7.92. The number of nitrogens with zero attached hydrogens (tertiary/aromatic N) is 1. The molecule has 1 aliphatic rings. The zero-order chi connectivity index (χ0) is 12.6. The van der Waals surface area contributed by atoms with Crippen LogP contribution >= 0.6 is 0 Å². The number of carbonyl (C=O) groups excluding carboxylic acids is 1. The lowest BCUT2D eigenvalue weighted by atomic mass is 9.98. The van der Waals surface area contributed by atoms with E-state index in [4.69, 9.17) is 11.1 Å². The molecule has 17 heavy (non-hydrogen) atoms. The number of primary amides is 1. The fourth-order valence-corrected chi connectivity index (χ4v) is 2.32. The van der Waals surface area contributed by atoms with E-state index < -0.39 is 5.54 Å². The molecule has 1 aromatic rings. The molecule has 1 heterocycles. The van der Waals surface area contributed by atoms with E-state index in [9.17, 15) is 4.79 Å². The molecule has 0 fully saturated rings. The molecule has 0 spiro atoms. The Hall–Kier alpha value is -1.84. The van der Waals surface area contributed by atoms with Crippen molar-refractivity contribution in [3.05, 3.63) is 35.4 Å². The average molecular weight is 231 g/mol. The molecule has 0 aliphatic carbocycles. The van der Waals surface area contributed by atoms with Crippen LogP contribution in [0, 0.1) is 5.41 Å². The van der Waals surface area contributed by atoms with E-state index in [1.54, 1.807) is 0 Å². The van der Waals surface area contributed by atoms with Crippen molar-refractivity contribution in [2.75, 3.05) is 0 Å². The number of hydrogen-bond acceptors (Lipinski definition) is 2. The lowest BCUT2D eigenvalue weighted by molar-refractivity contribution is -0.119. The molecule has 2 rings (SSSR count). The van der Waals surface area contributed by atoms with Crippen molar-refractivity contribution in [3.63, 3.8) is 0 Å². The van der Waals surface area contributed by atoms with Crippen molar-refractivity contribution in [1.29, 1.82) is 5.41 Å². The van der Waals surface area contributed by atoms with Crippen LogP contribution in [-0.4, -0.2) is 22.2 Å². The summed E-state index contributed by atoms with van der Waals surface area (Å²) in [6, 6.07) is 7.86. The van der Waals surface area contributed by atoms with Gasteiger partial charge in [0.1, 0.15) is 5.84 Å². The first kappa shape index (κ1) is 11.6. The monoisotopic (exact) mass is 231 g/mol. The fourth-order valence-electron chi connectivity index (χ4n) is 2.32. The topological polar surface area (TPSA) is 70.2 Å². The summed E-state index contributed by atoms with van der Waals surface area (Å²) in [5.41, 5.74) is 6.93. The molecule has 4 heteroatoms. The Kier molecular flexibility index (Phi) is 2.65. The third kappa shape index (κ3) is 2.02. The van der Waals surface area contributed by atoms with Crippen molar-refractivity contribution in [2.45, 2.75) is 32.4 Å². The Balaban J connectivity index is 2.28. The van der Waals surface area contributed by atoms with Gasteiger partial charge in [0.05, 0.1) is 0 Å². The van der Waals surface area contributed by atoms with Crippen LogP contribution in [0.1, 0.15) is 31.4 Å². The second-order valence-corrected chi connectivity index (χ2v) is 5.05. The SMILES string of the molecule is CC(C)(CC(N)=O)N1Cc2ccccc2C1=N. The molecular formula is C13H17N3O. The van der Waals surface area contributed by atoms with E-state index in [-0.39, 0.29) is 12.3 Å². The number of benzene rings is 1. The van der Waals surface area contributed by atoms with Gasteiger partial charge in [-0.05, 0) is 19.4 Å². The molecule has 0 bridgehead atoms. The average Bonchev–Trinajstić information content (AvgIpc) is 2.56. The number of fused-ring (bicyclic) bond motifs is 1. The van der Waals surface area contributed by atoms with E-state index in [1.807, 2.05) is 43.0 Å². The van der Waals surface area contributed by atoms with Gasteiger partial charge >= 0.3 is 0 Å². The molecule has 0 aromatic heterocycles. The van der Waals surface area contributed by atoms with Gasteiger partial charge in [-0.15, -0.1) is 0 Å². The summed E-state index contributed by atoms with van der Waals surface area (Å²) in [6.45, 7) is 4.56. The highest BCUT2D eigenvalue weighted by molar-refractivity contribution is 6.01. The van der Waals surface area contributed by atoms with Crippen molar-refractivity contribution in [1.82, 2.24) is 4.90 Å². The van der Waals surface area contributed by atoms with Crippen molar-refractivity contribution in [3.8, 4) is 0 Å². The maximum Gasteiger partial charge on any atom is 0.219 e. The molecule has 1 aliphatic heterocycles. The second kappa shape index (κ2) is 3.87. The van der Waals surface area contributed by atoms with Gasteiger partial charge < -0.3 is 10.6 Å². The summed E-state index contributed by atoms with van der Waals surface area (Å²) < 4.78 is 0. The zero-order valence-corrected chi connectivity index (χ0v) is 10.2.